The van der Waals surface area contributed by atoms with E-state index in [9.17, 15) is 22.0 Å². The van der Waals surface area contributed by atoms with Crippen LogP contribution >= 0.6 is 0 Å². The van der Waals surface area contributed by atoms with E-state index in [-0.39, 0.29) is 36.1 Å². The number of hydrogen-bond donors (Lipinski definition) is 1. The normalized spacial score (nSPS) is 16.6. The van der Waals surface area contributed by atoms with E-state index in [4.69, 9.17) is 0 Å². The van der Waals surface area contributed by atoms with Crippen molar-refractivity contribution in [2.75, 3.05) is 26.2 Å². The zero-order valence-electron chi connectivity index (χ0n) is 14.3. The molecule has 7 nitrogen and oxygen atoms in total. The second-order valence-corrected chi connectivity index (χ2v) is 7.90. The van der Waals surface area contributed by atoms with E-state index in [1.54, 1.807) is 0 Å². The summed E-state index contributed by atoms with van der Waals surface area (Å²) in [4.78, 5) is 20.1. The third-order valence-corrected chi connectivity index (χ3v) is 6.05. The SMILES string of the molecule is O=C(/C=C/c1cc(F)ccc1F)N1CCCN(S(=O)(=O)c2cnc[nH]2)CC1. The quantitative estimate of drug-likeness (QED) is 0.796. The molecule has 2 aromatic rings. The number of aromatic amines is 1. The molecule has 1 saturated heterocycles. The second kappa shape index (κ2) is 7.97. The summed E-state index contributed by atoms with van der Waals surface area (Å²) in [5.74, 6) is -1.62. The number of amides is 1. The van der Waals surface area contributed by atoms with Crippen LogP contribution < -0.4 is 0 Å². The standard InChI is InChI=1S/C17H18F2N4O3S/c18-14-3-4-15(19)13(10-14)2-5-17(24)22-6-1-7-23(9-8-22)27(25,26)16-11-20-12-21-16/h2-5,10-12H,1,6-9H2,(H,20,21)/b5-2+. The van der Waals surface area contributed by atoms with Crippen LogP contribution in [0.3, 0.4) is 0 Å². The molecule has 1 aliphatic rings. The number of hydrogen-bond acceptors (Lipinski definition) is 4. The Morgan fingerprint density at radius 3 is 2.74 bits per heavy atom. The molecule has 0 saturated carbocycles. The molecule has 144 valence electrons. The van der Waals surface area contributed by atoms with Gasteiger partial charge in [0.1, 0.15) is 11.6 Å². The highest BCUT2D eigenvalue weighted by Gasteiger charge is 2.28. The largest absolute Gasteiger partial charge is 0.338 e. The maximum atomic E-state index is 13.6. The Morgan fingerprint density at radius 2 is 2.00 bits per heavy atom. The first-order valence-corrected chi connectivity index (χ1v) is 9.72. The smallest absolute Gasteiger partial charge is 0.260 e. The highest BCUT2D eigenvalue weighted by molar-refractivity contribution is 7.89. The Balaban J connectivity index is 1.66. The minimum absolute atomic E-state index is 0.00347. The van der Waals surface area contributed by atoms with Gasteiger partial charge in [0, 0.05) is 37.8 Å². The number of carbonyl (C=O) groups is 1. The summed E-state index contributed by atoms with van der Waals surface area (Å²) in [6.45, 7) is 0.967. The first-order chi connectivity index (χ1) is 12.9. The van der Waals surface area contributed by atoms with Crippen molar-refractivity contribution in [1.29, 1.82) is 0 Å². The van der Waals surface area contributed by atoms with E-state index < -0.39 is 21.7 Å². The molecule has 1 aliphatic heterocycles. The Hall–Kier alpha value is -2.59. The molecular weight excluding hydrogens is 378 g/mol. The summed E-state index contributed by atoms with van der Waals surface area (Å²) in [6, 6.07) is 2.99. The van der Waals surface area contributed by atoms with Crippen molar-refractivity contribution in [3.8, 4) is 0 Å². The van der Waals surface area contributed by atoms with Crippen LogP contribution in [0.5, 0.6) is 0 Å². The van der Waals surface area contributed by atoms with Crippen LogP contribution in [0.4, 0.5) is 8.78 Å². The van der Waals surface area contributed by atoms with Crippen LogP contribution in [-0.4, -0.2) is 59.7 Å². The third kappa shape index (κ3) is 4.40. The zero-order valence-corrected chi connectivity index (χ0v) is 15.1. The van der Waals surface area contributed by atoms with Crippen molar-refractivity contribution in [2.24, 2.45) is 0 Å². The van der Waals surface area contributed by atoms with E-state index in [0.717, 1.165) is 24.3 Å². The maximum Gasteiger partial charge on any atom is 0.260 e. The number of rotatable bonds is 4. The molecule has 0 atom stereocenters. The average molecular weight is 396 g/mol. The number of nitrogens with zero attached hydrogens (tertiary/aromatic N) is 3. The summed E-state index contributed by atoms with van der Waals surface area (Å²) in [6.07, 6.45) is 5.36. The molecule has 0 spiro atoms. The van der Waals surface area contributed by atoms with Crippen LogP contribution in [0.15, 0.2) is 41.8 Å². The molecular formula is C17H18F2N4O3S. The van der Waals surface area contributed by atoms with E-state index in [2.05, 4.69) is 9.97 Å². The number of sulfonamides is 1. The number of aromatic nitrogens is 2. The molecule has 1 aromatic heterocycles. The van der Waals surface area contributed by atoms with Crippen LogP contribution in [0, 0.1) is 11.6 Å². The molecule has 2 heterocycles. The van der Waals surface area contributed by atoms with E-state index in [1.165, 1.54) is 27.8 Å². The van der Waals surface area contributed by atoms with Gasteiger partial charge in [-0.2, -0.15) is 4.31 Å². The van der Waals surface area contributed by atoms with Crippen LogP contribution in [0.25, 0.3) is 6.08 Å². The fourth-order valence-corrected chi connectivity index (χ4v) is 4.15. The number of benzene rings is 1. The number of imidazole rings is 1. The summed E-state index contributed by atoms with van der Waals surface area (Å²) >= 11 is 0. The predicted molar refractivity (Wildman–Crippen MR) is 93.9 cm³/mol. The van der Waals surface area contributed by atoms with Gasteiger partial charge in [0.25, 0.3) is 10.0 Å². The van der Waals surface area contributed by atoms with Gasteiger partial charge in [0.05, 0.1) is 12.5 Å². The fraction of sp³-hybridized carbons (Fsp3) is 0.294. The highest BCUT2D eigenvalue weighted by Crippen LogP contribution is 2.16. The van der Waals surface area contributed by atoms with Gasteiger partial charge in [0.15, 0.2) is 5.03 Å². The van der Waals surface area contributed by atoms with Gasteiger partial charge in [0.2, 0.25) is 5.91 Å². The molecule has 0 unspecified atom stereocenters. The number of carbonyl (C=O) groups excluding carboxylic acids is 1. The number of H-pyrrole nitrogens is 1. The molecule has 1 fully saturated rings. The second-order valence-electron chi connectivity index (χ2n) is 6.00. The van der Waals surface area contributed by atoms with Crippen molar-refractivity contribution >= 4 is 22.0 Å². The molecule has 0 aliphatic carbocycles. The molecule has 1 N–H and O–H groups in total. The highest BCUT2D eigenvalue weighted by atomic mass is 32.2. The summed E-state index contributed by atoms with van der Waals surface area (Å²) in [7, 11) is -3.69. The third-order valence-electron chi connectivity index (χ3n) is 4.22. The summed E-state index contributed by atoms with van der Waals surface area (Å²) in [5.41, 5.74) is -0.0263. The molecule has 1 aromatic carbocycles. The van der Waals surface area contributed by atoms with Crippen LogP contribution in [0.1, 0.15) is 12.0 Å². The van der Waals surface area contributed by atoms with Gasteiger partial charge >= 0.3 is 0 Å². The van der Waals surface area contributed by atoms with Gasteiger partial charge in [-0.15, -0.1) is 0 Å². The van der Waals surface area contributed by atoms with Crippen LogP contribution in [-0.2, 0) is 14.8 Å². The minimum Gasteiger partial charge on any atom is -0.338 e. The molecule has 0 radical (unpaired) electrons. The average Bonchev–Trinajstić information content (AvgIpc) is 3.07. The molecule has 27 heavy (non-hydrogen) atoms. The van der Waals surface area contributed by atoms with Gasteiger partial charge in [-0.3, -0.25) is 4.79 Å². The minimum atomic E-state index is -3.69. The Labute approximate surface area is 155 Å². The number of nitrogens with one attached hydrogen (secondary N) is 1. The first kappa shape index (κ1) is 19.2. The van der Waals surface area contributed by atoms with E-state index >= 15 is 0 Å². The summed E-state index contributed by atoms with van der Waals surface area (Å²) in [5, 5.41) is 0.00347. The van der Waals surface area contributed by atoms with Crippen molar-refractivity contribution in [3.63, 3.8) is 0 Å². The molecule has 0 bridgehead atoms. The van der Waals surface area contributed by atoms with E-state index in [1.807, 2.05) is 0 Å². The van der Waals surface area contributed by atoms with Gasteiger partial charge in [-0.1, -0.05) is 0 Å². The lowest BCUT2D eigenvalue weighted by atomic mass is 10.2. The Bertz CT molecular complexity index is 945. The van der Waals surface area contributed by atoms with E-state index in [0.29, 0.717) is 13.0 Å². The Kier molecular flexibility index (Phi) is 5.66. The van der Waals surface area contributed by atoms with Crippen molar-refractivity contribution in [3.05, 3.63) is 54.0 Å². The van der Waals surface area contributed by atoms with Crippen molar-refractivity contribution in [2.45, 2.75) is 11.4 Å². The zero-order chi connectivity index (χ0) is 19.4. The topological polar surface area (TPSA) is 86.4 Å². The lowest BCUT2D eigenvalue weighted by Crippen LogP contribution is -2.36. The number of halogens is 2. The predicted octanol–water partition coefficient (Wildman–Crippen LogP) is 1.62. The maximum absolute atomic E-state index is 13.6. The molecule has 3 rings (SSSR count). The first-order valence-electron chi connectivity index (χ1n) is 8.28. The lowest BCUT2D eigenvalue weighted by molar-refractivity contribution is -0.125. The summed E-state index contributed by atoms with van der Waals surface area (Å²) < 4.78 is 53.1. The molecule has 1 amide bonds. The van der Waals surface area contributed by atoms with Gasteiger partial charge in [-0.25, -0.2) is 22.2 Å². The molecule has 10 heteroatoms. The van der Waals surface area contributed by atoms with Crippen molar-refractivity contribution < 1.29 is 22.0 Å². The van der Waals surface area contributed by atoms with Gasteiger partial charge in [-0.05, 0) is 30.7 Å². The van der Waals surface area contributed by atoms with Crippen LogP contribution in [0.2, 0.25) is 0 Å². The monoisotopic (exact) mass is 396 g/mol. The fourth-order valence-electron chi connectivity index (χ4n) is 2.79. The Morgan fingerprint density at radius 1 is 1.19 bits per heavy atom. The van der Waals surface area contributed by atoms with Gasteiger partial charge < -0.3 is 9.88 Å². The van der Waals surface area contributed by atoms with Crippen molar-refractivity contribution in [1.82, 2.24) is 19.2 Å². The lowest BCUT2D eigenvalue weighted by Gasteiger charge is -2.20.